The van der Waals surface area contributed by atoms with E-state index < -0.39 is 6.04 Å². The zero-order valence-corrected chi connectivity index (χ0v) is 20.6. The van der Waals surface area contributed by atoms with Crippen LogP contribution < -0.4 is 5.32 Å². The predicted molar refractivity (Wildman–Crippen MR) is 137 cm³/mol. The number of nitrogens with one attached hydrogen (secondary N) is 1. The molecule has 1 atom stereocenters. The van der Waals surface area contributed by atoms with Crippen molar-refractivity contribution in [3.8, 4) is 0 Å². The van der Waals surface area contributed by atoms with Crippen molar-refractivity contribution in [2.24, 2.45) is 0 Å². The van der Waals surface area contributed by atoms with Crippen molar-refractivity contribution in [2.45, 2.75) is 31.7 Å². The van der Waals surface area contributed by atoms with Gasteiger partial charge in [-0.1, -0.05) is 72.3 Å². The Hall–Kier alpha value is -2.83. The molecule has 0 saturated carbocycles. The summed E-state index contributed by atoms with van der Waals surface area (Å²) in [6.45, 7) is 2.55. The van der Waals surface area contributed by atoms with Crippen LogP contribution in [0.15, 0.2) is 78.9 Å². The van der Waals surface area contributed by atoms with Crippen LogP contribution in [-0.4, -0.2) is 35.1 Å². The van der Waals surface area contributed by atoms with Gasteiger partial charge in [0.1, 0.15) is 11.9 Å². The molecule has 0 aliphatic heterocycles. The number of carbonyl (C=O) groups is 2. The lowest BCUT2D eigenvalue weighted by atomic mass is 10.0. The summed E-state index contributed by atoms with van der Waals surface area (Å²) >= 11 is 7.84. The molecule has 2 amide bonds. The minimum atomic E-state index is -0.683. The van der Waals surface area contributed by atoms with E-state index in [9.17, 15) is 14.0 Å². The first-order valence-corrected chi connectivity index (χ1v) is 12.7. The second-order valence-corrected chi connectivity index (χ2v) is 9.23. The molecule has 1 N–H and O–H groups in total. The molecule has 3 rings (SSSR count). The minimum Gasteiger partial charge on any atom is -0.355 e. The van der Waals surface area contributed by atoms with Crippen molar-refractivity contribution < 1.29 is 14.0 Å². The molecule has 0 spiro atoms. The highest BCUT2D eigenvalue weighted by atomic mass is 35.5. The standard InChI is InChI=1S/C27H28ClFN2O2S/c1-2-30-27(33)25(16-20-8-4-3-5-9-20)31(17-22-10-6-7-11-24(22)28)26(32)19-34-18-21-12-14-23(29)15-13-21/h3-15,25H,2,16-19H2,1H3,(H,30,33). The number of nitrogens with zero attached hydrogens (tertiary/aromatic N) is 1. The third-order valence-electron chi connectivity index (χ3n) is 5.33. The molecular formula is C27H28ClFN2O2S. The molecule has 0 aliphatic rings. The molecule has 0 saturated heterocycles. The molecule has 7 heteroatoms. The summed E-state index contributed by atoms with van der Waals surface area (Å²) in [5.41, 5.74) is 2.68. The van der Waals surface area contributed by atoms with Crippen LogP contribution in [0.4, 0.5) is 4.39 Å². The molecule has 0 fully saturated rings. The van der Waals surface area contributed by atoms with Crippen molar-refractivity contribution in [1.29, 1.82) is 0 Å². The Morgan fingerprint density at radius 2 is 1.65 bits per heavy atom. The number of amides is 2. The van der Waals surface area contributed by atoms with E-state index in [1.807, 2.05) is 55.5 Å². The number of thioether (sulfide) groups is 1. The highest BCUT2D eigenvalue weighted by molar-refractivity contribution is 7.99. The van der Waals surface area contributed by atoms with E-state index in [4.69, 9.17) is 11.6 Å². The molecule has 4 nitrogen and oxygen atoms in total. The van der Waals surface area contributed by atoms with E-state index in [0.29, 0.717) is 23.7 Å². The Balaban J connectivity index is 1.82. The van der Waals surface area contributed by atoms with E-state index in [2.05, 4.69) is 5.32 Å². The Bertz CT molecular complexity index is 1080. The normalized spacial score (nSPS) is 11.6. The SMILES string of the molecule is CCNC(=O)C(Cc1ccccc1)N(Cc1ccccc1Cl)C(=O)CSCc1ccc(F)cc1. The van der Waals surface area contributed by atoms with Gasteiger partial charge in [0.25, 0.3) is 0 Å². The lowest BCUT2D eigenvalue weighted by Crippen LogP contribution is -2.51. The number of halogens is 2. The molecule has 3 aromatic carbocycles. The molecule has 178 valence electrons. The third-order valence-corrected chi connectivity index (χ3v) is 6.69. The first-order valence-electron chi connectivity index (χ1n) is 11.1. The highest BCUT2D eigenvalue weighted by Crippen LogP contribution is 2.22. The summed E-state index contributed by atoms with van der Waals surface area (Å²) in [5, 5.41) is 3.43. The van der Waals surface area contributed by atoms with Gasteiger partial charge in [-0.25, -0.2) is 4.39 Å². The maximum absolute atomic E-state index is 13.5. The average molecular weight is 499 g/mol. The Morgan fingerprint density at radius 1 is 0.971 bits per heavy atom. The summed E-state index contributed by atoms with van der Waals surface area (Å²) in [6.07, 6.45) is 0.394. The number of likely N-dealkylation sites (N-methyl/N-ethyl adjacent to an activating group) is 1. The van der Waals surface area contributed by atoms with Gasteiger partial charge >= 0.3 is 0 Å². The zero-order chi connectivity index (χ0) is 24.3. The fourth-order valence-electron chi connectivity index (χ4n) is 3.58. The van der Waals surface area contributed by atoms with Gasteiger partial charge in [-0.2, -0.15) is 0 Å². The Kier molecular flexibility index (Phi) is 9.98. The van der Waals surface area contributed by atoms with Gasteiger partial charge in [0.15, 0.2) is 0 Å². The fourth-order valence-corrected chi connectivity index (χ4v) is 4.64. The average Bonchev–Trinajstić information content (AvgIpc) is 2.84. The lowest BCUT2D eigenvalue weighted by Gasteiger charge is -2.31. The first-order chi connectivity index (χ1) is 16.5. The van der Waals surface area contributed by atoms with E-state index >= 15 is 0 Å². The quantitative estimate of drug-likeness (QED) is 0.380. The maximum atomic E-state index is 13.5. The van der Waals surface area contributed by atoms with Crippen LogP contribution in [0.5, 0.6) is 0 Å². The summed E-state index contributed by atoms with van der Waals surface area (Å²) in [6, 6.07) is 22.6. The molecular weight excluding hydrogens is 471 g/mol. The largest absolute Gasteiger partial charge is 0.355 e. The molecule has 0 radical (unpaired) electrons. The van der Waals surface area contributed by atoms with E-state index in [1.54, 1.807) is 23.1 Å². The monoisotopic (exact) mass is 498 g/mol. The molecule has 0 aromatic heterocycles. The molecule has 1 unspecified atom stereocenters. The number of rotatable bonds is 11. The maximum Gasteiger partial charge on any atom is 0.243 e. The first kappa shape index (κ1) is 25.8. The van der Waals surface area contributed by atoms with Gasteiger partial charge in [-0.15, -0.1) is 11.8 Å². The second-order valence-electron chi connectivity index (χ2n) is 7.83. The Morgan fingerprint density at radius 3 is 2.32 bits per heavy atom. The van der Waals surface area contributed by atoms with E-state index in [-0.39, 0.29) is 29.9 Å². The smallest absolute Gasteiger partial charge is 0.243 e. The highest BCUT2D eigenvalue weighted by Gasteiger charge is 2.30. The van der Waals surface area contributed by atoms with Crippen molar-refractivity contribution in [1.82, 2.24) is 10.2 Å². The number of carbonyl (C=O) groups excluding carboxylic acids is 2. The van der Waals surface area contributed by atoms with Crippen LogP contribution in [0.3, 0.4) is 0 Å². The van der Waals surface area contributed by atoms with Crippen LogP contribution in [0, 0.1) is 5.82 Å². The summed E-state index contributed by atoms with van der Waals surface area (Å²) < 4.78 is 13.2. The fraction of sp³-hybridized carbons (Fsp3) is 0.259. The lowest BCUT2D eigenvalue weighted by molar-refractivity contribution is -0.139. The summed E-state index contributed by atoms with van der Waals surface area (Å²) in [4.78, 5) is 28.2. The van der Waals surface area contributed by atoms with Gasteiger partial charge in [-0.05, 0) is 41.8 Å². The van der Waals surface area contributed by atoms with E-state index in [0.717, 1.165) is 16.7 Å². The zero-order valence-electron chi connectivity index (χ0n) is 19.0. The summed E-state index contributed by atoms with van der Waals surface area (Å²) in [7, 11) is 0. The van der Waals surface area contributed by atoms with Crippen LogP contribution >= 0.6 is 23.4 Å². The van der Waals surface area contributed by atoms with Crippen LogP contribution in [-0.2, 0) is 28.3 Å². The molecule has 0 bridgehead atoms. The summed E-state index contributed by atoms with van der Waals surface area (Å²) in [5.74, 6) is 0.110. The molecule has 0 aliphatic carbocycles. The number of hydrogen-bond donors (Lipinski definition) is 1. The topological polar surface area (TPSA) is 49.4 Å². The molecule has 3 aromatic rings. The number of benzene rings is 3. The van der Waals surface area contributed by atoms with Crippen molar-refractivity contribution >= 4 is 35.2 Å². The number of hydrogen-bond acceptors (Lipinski definition) is 3. The predicted octanol–water partition coefficient (Wildman–Crippen LogP) is 5.49. The third kappa shape index (κ3) is 7.61. The molecule has 34 heavy (non-hydrogen) atoms. The van der Waals surface area contributed by atoms with Crippen LogP contribution in [0.1, 0.15) is 23.6 Å². The van der Waals surface area contributed by atoms with Crippen molar-refractivity contribution in [3.05, 3.63) is 106 Å². The van der Waals surface area contributed by atoms with Crippen LogP contribution in [0.2, 0.25) is 5.02 Å². The second kappa shape index (κ2) is 13.2. The van der Waals surface area contributed by atoms with Crippen LogP contribution in [0.25, 0.3) is 0 Å². The van der Waals surface area contributed by atoms with Crippen molar-refractivity contribution in [3.63, 3.8) is 0 Å². The van der Waals surface area contributed by atoms with Gasteiger partial charge in [0.05, 0.1) is 5.75 Å². The van der Waals surface area contributed by atoms with Gasteiger partial charge in [0.2, 0.25) is 11.8 Å². The van der Waals surface area contributed by atoms with E-state index in [1.165, 1.54) is 23.9 Å². The Labute approximate surface area is 209 Å². The van der Waals surface area contributed by atoms with Crippen molar-refractivity contribution in [2.75, 3.05) is 12.3 Å². The minimum absolute atomic E-state index is 0.154. The van der Waals surface area contributed by atoms with Gasteiger partial charge < -0.3 is 10.2 Å². The van der Waals surface area contributed by atoms with Gasteiger partial charge in [0, 0.05) is 30.3 Å². The molecule has 0 heterocycles. The van der Waals surface area contributed by atoms with Gasteiger partial charge in [-0.3, -0.25) is 9.59 Å².